The Kier molecular flexibility index (Phi) is 6.72. The average molecular weight is 321 g/mol. The molecule has 1 rings (SSSR count). The van der Waals surface area contributed by atoms with Crippen molar-refractivity contribution in [2.75, 3.05) is 5.73 Å². The number of nitrogen functional groups attached to an aromatic ring is 1. The Bertz CT molecular complexity index is 525. The zero-order valence-electron chi connectivity index (χ0n) is 10.7. The van der Waals surface area contributed by atoms with Crippen molar-refractivity contribution in [1.82, 2.24) is 0 Å². The molecule has 0 saturated heterocycles. The number of nitrogens with zero attached hydrogens (tertiary/aromatic N) is 3. The van der Waals surface area contributed by atoms with Gasteiger partial charge in [0.15, 0.2) is 0 Å². The predicted molar refractivity (Wildman–Crippen MR) is 80.3 cm³/mol. The van der Waals surface area contributed by atoms with Gasteiger partial charge < -0.3 is 10.8 Å². The van der Waals surface area contributed by atoms with Crippen LogP contribution < -0.4 is 5.73 Å². The number of carboxylic acids is 1. The second kappa shape index (κ2) is 7.25. The number of carboxylic acid groups (broad SMARTS) is 1. The maximum atomic E-state index is 10.5. The van der Waals surface area contributed by atoms with Crippen LogP contribution in [0, 0.1) is 0 Å². The van der Waals surface area contributed by atoms with Gasteiger partial charge in [0.1, 0.15) is 8.24 Å². The molecule has 0 radical (unpaired) electrons. The Morgan fingerprint density at radius 3 is 2.16 bits per heavy atom. The van der Waals surface area contributed by atoms with Gasteiger partial charge in [0.2, 0.25) is 0 Å². The Balaban J connectivity index is 0.000000399. The molecule has 104 valence electrons. The van der Waals surface area contributed by atoms with E-state index in [1.165, 1.54) is 12.1 Å². The third-order valence-corrected chi connectivity index (χ3v) is 3.08. The van der Waals surface area contributed by atoms with E-state index >= 15 is 0 Å². The van der Waals surface area contributed by atoms with Crippen molar-refractivity contribution in [2.45, 2.75) is 19.6 Å². The SMILES string of the molecule is C[Si](C)(C)N=[N+]=[N-].Nc1cc(Cl)c(Cl)cc1C(=O)O. The summed E-state index contributed by atoms with van der Waals surface area (Å²) < 4.78 is 3.58. The van der Waals surface area contributed by atoms with Gasteiger partial charge in [-0.25, -0.2) is 4.79 Å². The van der Waals surface area contributed by atoms with Crippen LogP contribution in [0.3, 0.4) is 0 Å². The summed E-state index contributed by atoms with van der Waals surface area (Å²) in [4.78, 5) is 13.2. The number of nitrogens with two attached hydrogens (primary N) is 1. The molecule has 0 aliphatic heterocycles. The van der Waals surface area contributed by atoms with E-state index in [1.807, 2.05) is 19.6 Å². The van der Waals surface area contributed by atoms with Crippen LogP contribution in [-0.4, -0.2) is 19.3 Å². The average Bonchev–Trinajstić information content (AvgIpc) is 2.22. The molecular formula is C10H14Cl2N4O2Si. The van der Waals surface area contributed by atoms with Crippen LogP contribution in [0.2, 0.25) is 29.7 Å². The zero-order valence-corrected chi connectivity index (χ0v) is 13.2. The van der Waals surface area contributed by atoms with Crippen LogP contribution in [0.5, 0.6) is 0 Å². The lowest BCUT2D eigenvalue weighted by molar-refractivity contribution is 0.0698. The summed E-state index contributed by atoms with van der Waals surface area (Å²) in [6.07, 6.45) is 0. The van der Waals surface area contributed by atoms with Crippen LogP contribution in [0.25, 0.3) is 10.4 Å². The molecule has 0 heterocycles. The fourth-order valence-corrected chi connectivity index (χ4v) is 1.49. The van der Waals surface area contributed by atoms with Gasteiger partial charge in [-0.2, -0.15) is 0 Å². The molecule has 0 aliphatic rings. The van der Waals surface area contributed by atoms with E-state index in [9.17, 15) is 4.79 Å². The molecule has 19 heavy (non-hydrogen) atoms. The van der Waals surface area contributed by atoms with Crippen LogP contribution in [0.4, 0.5) is 5.69 Å². The second-order valence-electron chi connectivity index (χ2n) is 4.52. The molecule has 9 heteroatoms. The molecule has 0 fully saturated rings. The second-order valence-corrected chi connectivity index (χ2v) is 9.88. The molecule has 0 bridgehead atoms. The van der Waals surface area contributed by atoms with Gasteiger partial charge >= 0.3 is 5.97 Å². The van der Waals surface area contributed by atoms with Crippen molar-refractivity contribution >= 4 is 43.1 Å². The van der Waals surface area contributed by atoms with Gasteiger partial charge in [-0.05, 0) is 22.6 Å². The third-order valence-electron chi connectivity index (χ3n) is 1.67. The Morgan fingerprint density at radius 2 is 1.84 bits per heavy atom. The first kappa shape index (κ1) is 17.6. The van der Waals surface area contributed by atoms with Crippen LogP contribution in [0.15, 0.2) is 16.9 Å². The molecule has 6 nitrogen and oxygen atoms in total. The Labute approximate surface area is 121 Å². The van der Waals surface area contributed by atoms with Crippen LogP contribution >= 0.6 is 23.2 Å². The van der Waals surface area contributed by atoms with Crippen molar-refractivity contribution in [3.63, 3.8) is 0 Å². The lowest BCUT2D eigenvalue weighted by Crippen LogP contribution is -2.13. The van der Waals surface area contributed by atoms with Crippen molar-refractivity contribution in [3.05, 3.63) is 38.2 Å². The van der Waals surface area contributed by atoms with E-state index in [0.29, 0.717) is 0 Å². The molecule has 0 unspecified atom stereocenters. The van der Waals surface area contributed by atoms with Crippen molar-refractivity contribution in [2.24, 2.45) is 4.78 Å². The maximum absolute atomic E-state index is 10.5. The van der Waals surface area contributed by atoms with Gasteiger partial charge in [0, 0.05) is 5.69 Å². The minimum absolute atomic E-state index is 0.0376. The molecule has 0 aliphatic carbocycles. The molecule has 0 amide bonds. The van der Waals surface area contributed by atoms with E-state index < -0.39 is 14.2 Å². The summed E-state index contributed by atoms with van der Waals surface area (Å²) in [5, 5.41) is 9.03. The number of carbonyl (C=O) groups is 1. The molecule has 0 atom stereocenters. The highest BCUT2D eigenvalue weighted by molar-refractivity contribution is 6.74. The topological polar surface area (TPSA) is 112 Å². The standard InChI is InChI=1S/C7H5Cl2NO2.C3H9N3Si/c8-4-1-3(7(11)12)6(10)2-5(4)9;1-7(2,3)6-5-4/h1-2H,10H2,(H,11,12);1-3H3. The number of anilines is 1. The molecule has 1 aromatic carbocycles. The fourth-order valence-electron chi connectivity index (χ4n) is 0.882. The molecule has 3 N–H and O–H groups in total. The molecule has 1 aromatic rings. The molecule has 0 spiro atoms. The minimum atomic E-state index is -1.45. The molecular weight excluding hydrogens is 307 g/mol. The zero-order chi connectivity index (χ0) is 15.2. The summed E-state index contributed by atoms with van der Waals surface area (Å²) >= 11 is 11.2. The first-order chi connectivity index (χ1) is 8.58. The van der Waals surface area contributed by atoms with E-state index in [2.05, 4.69) is 9.69 Å². The highest BCUT2D eigenvalue weighted by atomic mass is 35.5. The lowest BCUT2D eigenvalue weighted by Gasteiger charge is -2.02. The van der Waals surface area contributed by atoms with Crippen molar-refractivity contribution < 1.29 is 9.90 Å². The molecule has 0 aromatic heterocycles. The summed E-state index contributed by atoms with van der Waals surface area (Å²) in [5.41, 5.74) is 13.3. The van der Waals surface area contributed by atoms with Crippen molar-refractivity contribution in [1.29, 1.82) is 0 Å². The first-order valence-corrected chi connectivity index (χ1v) is 9.33. The number of rotatable bonds is 2. The summed E-state index contributed by atoms with van der Waals surface area (Å²) in [6.45, 7) is 5.98. The first-order valence-electron chi connectivity index (χ1n) is 5.12. The predicted octanol–water partition coefficient (Wildman–Crippen LogP) is 4.41. The number of aromatic carboxylic acids is 1. The number of azide groups is 1. The summed E-state index contributed by atoms with van der Waals surface area (Å²) in [6, 6.07) is 2.54. The van der Waals surface area contributed by atoms with Crippen molar-refractivity contribution in [3.8, 4) is 0 Å². The normalized spacial score (nSPS) is 9.95. The van der Waals surface area contributed by atoms with Gasteiger partial charge in [-0.15, -0.1) is 4.78 Å². The molecule has 0 saturated carbocycles. The third kappa shape index (κ3) is 6.93. The highest BCUT2D eigenvalue weighted by Gasteiger charge is 2.10. The van der Waals surface area contributed by atoms with Gasteiger partial charge in [0.05, 0.1) is 15.6 Å². The van der Waals surface area contributed by atoms with E-state index in [0.717, 1.165) is 0 Å². The fraction of sp³-hybridized carbons (Fsp3) is 0.300. The largest absolute Gasteiger partial charge is 0.478 e. The maximum Gasteiger partial charge on any atom is 0.337 e. The quantitative estimate of drug-likeness (QED) is 0.276. The number of benzene rings is 1. The van der Waals surface area contributed by atoms with E-state index in [4.69, 9.17) is 39.6 Å². The smallest absolute Gasteiger partial charge is 0.337 e. The highest BCUT2D eigenvalue weighted by Crippen LogP contribution is 2.27. The number of hydrogen-bond acceptors (Lipinski definition) is 3. The Hall–Kier alpha value is -1.40. The summed E-state index contributed by atoms with van der Waals surface area (Å²) in [7, 11) is -1.45. The van der Waals surface area contributed by atoms with Gasteiger partial charge in [0.25, 0.3) is 0 Å². The summed E-state index contributed by atoms with van der Waals surface area (Å²) in [5.74, 6) is -1.12. The van der Waals surface area contributed by atoms with Gasteiger partial charge in [-0.3, -0.25) is 0 Å². The van der Waals surface area contributed by atoms with E-state index in [-0.39, 0.29) is 21.3 Å². The van der Waals surface area contributed by atoms with E-state index in [1.54, 1.807) is 0 Å². The Morgan fingerprint density at radius 1 is 1.37 bits per heavy atom. The minimum Gasteiger partial charge on any atom is -0.478 e. The number of halogens is 2. The van der Waals surface area contributed by atoms with Gasteiger partial charge in [-0.1, -0.05) is 42.8 Å². The van der Waals surface area contributed by atoms with Crippen LogP contribution in [-0.2, 0) is 0 Å². The number of hydrogen-bond donors (Lipinski definition) is 2. The lowest BCUT2D eigenvalue weighted by atomic mass is 10.2. The monoisotopic (exact) mass is 320 g/mol. The van der Waals surface area contributed by atoms with Crippen LogP contribution in [0.1, 0.15) is 10.4 Å².